The molecule has 1 saturated carbocycles. The third-order valence-electron chi connectivity index (χ3n) is 3.60. The molecule has 1 aromatic carbocycles. The topological polar surface area (TPSA) is 66.4 Å². The number of carboxylic acid groups (broad SMARTS) is 1. The fraction of sp³-hybridized carbons (Fsp3) is 0.429. The number of aliphatic carboxylic acids is 1. The SMILES string of the molecule is Cc1ccccc1[C@@H](C)NC(=O)C1(C(=O)O)CC1. The summed E-state index contributed by atoms with van der Waals surface area (Å²) in [5.74, 6) is -1.39. The number of nitrogens with one attached hydrogen (secondary N) is 1. The number of carboxylic acids is 1. The van der Waals surface area contributed by atoms with E-state index in [9.17, 15) is 9.59 Å². The van der Waals surface area contributed by atoms with Gasteiger partial charge in [-0.15, -0.1) is 0 Å². The standard InChI is InChI=1S/C14H17NO3/c1-9-5-3-4-6-11(9)10(2)15-12(16)14(7-8-14)13(17)18/h3-6,10H,7-8H2,1-2H3,(H,15,16)(H,17,18)/t10-/m1/s1. The van der Waals surface area contributed by atoms with E-state index >= 15 is 0 Å². The van der Waals surface area contributed by atoms with E-state index in [0.717, 1.165) is 11.1 Å². The molecule has 0 heterocycles. The van der Waals surface area contributed by atoms with Crippen LogP contribution in [0.3, 0.4) is 0 Å². The lowest BCUT2D eigenvalue weighted by molar-refractivity contribution is -0.149. The van der Waals surface area contributed by atoms with Crippen LogP contribution < -0.4 is 5.32 Å². The van der Waals surface area contributed by atoms with Crippen LogP contribution in [0.1, 0.15) is 36.9 Å². The molecule has 0 aromatic heterocycles. The molecule has 2 N–H and O–H groups in total. The quantitative estimate of drug-likeness (QED) is 0.800. The van der Waals surface area contributed by atoms with Crippen LogP contribution in [0.5, 0.6) is 0 Å². The number of carbonyl (C=O) groups is 2. The zero-order valence-corrected chi connectivity index (χ0v) is 10.6. The van der Waals surface area contributed by atoms with Gasteiger partial charge in [0, 0.05) is 0 Å². The molecule has 1 aromatic rings. The van der Waals surface area contributed by atoms with Crippen molar-refractivity contribution in [3.05, 3.63) is 35.4 Å². The first kappa shape index (κ1) is 12.6. The van der Waals surface area contributed by atoms with Crippen molar-refractivity contribution in [1.82, 2.24) is 5.32 Å². The molecule has 1 fully saturated rings. The van der Waals surface area contributed by atoms with Crippen molar-refractivity contribution in [3.63, 3.8) is 0 Å². The smallest absolute Gasteiger partial charge is 0.319 e. The average molecular weight is 247 g/mol. The molecule has 1 amide bonds. The van der Waals surface area contributed by atoms with Crippen molar-refractivity contribution in [3.8, 4) is 0 Å². The highest BCUT2D eigenvalue weighted by atomic mass is 16.4. The first-order valence-electron chi connectivity index (χ1n) is 6.07. The maximum Gasteiger partial charge on any atom is 0.319 e. The number of hydrogen-bond acceptors (Lipinski definition) is 2. The minimum absolute atomic E-state index is 0.171. The van der Waals surface area contributed by atoms with Crippen molar-refractivity contribution in [2.75, 3.05) is 0 Å². The molecule has 4 nitrogen and oxygen atoms in total. The van der Waals surface area contributed by atoms with Crippen LogP contribution in [-0.4, -0.2) is 17.0 Å². The molecule has 0 saturated heterocycles. The fourth-order valence-electron chi connectivity index (χ4n) is 2.15. The Labute approximate surface area is 106 Å². The van der Waals surface area contributed by atoms with Crippen molar-refractivity contribution in [1.29, 1.82) is 0 Å². The van der Waals surface area contributed by atoms with Gasteiger partial charge in [-0.1, -0.05) is 24.3 Å². The molecule has 0 unspecified atom stereocenters. The third-order valence-corrected chi connectivity index (χ3v) is 3.60. The highest BCUT2D eigenvalue weighted by Gasteiger charge is 2.57. The van der Waals surface area contributed by atoms with Gasteiger partial charge in [0.2, 0.25) is 5.91 Å². The van der Waals surface area contributed by atoms with E-state index in [2.05, 4.69) is 5.32 Å². The van der Waals surface area contributed by atoms with Gasteiger partial charge in [0.05, 0.1) is 6.04 Å². The summed E-state index contributed by atoms with van der Waals surface area (Å²) in [6, 6.07) is 7.60. The molecule has 0 radical (unpaired) electrons. The van der Waals surface area contributed by atoms with Gasteiger partial charge in [-0.25, -0.2) is 0 Å². The molecular weight excluding hydrogens is 230 g/mol. The Bertz CT molecular complexity index is 492. The Morgan fingerprint density at radius 2 is 1.94 bits per heavy atom. The predicted octanol–water partition coefficient (Wildman–Crippen LogP) is 2.04. The molecule has 4 heteroatoms. The number of carbonyl (C=O) groups excluding carboxylic acids is 1. The Morgan fingerprint density at radius 1 is 1.33 bits per heavy atom. The Morgan fingerprint density at radius 3 is 2.44 bits per heavy atom. The van der Waals surface area contributed by atoms with Crippen LogP contribution in [0.4, 0.5) is 0 Å². The maximum atomic E-state index is 12.0. The number of hydrogen-bond donors (Lipinski definition) is 2. The van der Waals surface area contributed by atoms with Crippen LogP contribution >= 0.6 is 0 Å². The van der Waals surface area contributed by atoms with Crippen LogP contribution in [0.25, 0.3) is 0 Å². The zero-order valence-electron chi connectivity index (χ0n) is 10.6. The van der Waals surface area contributed by atoms with E-state index in [0.29, 0.717) is 12.8 Å². The lowest BCUT2D eigenvalue weighted by Crippen LogP contribution is -2.38. The van der Waals surface area contributed by atoms with E-state index in [1.807, 2.05) is 38.1 Å². The Balaban J connectivity index is 2.09. The van der Waals surface area contributed by atoms with E-state index in [-0.39, 0.29) is 11.9 Å². The van der Waals surface area contributed by atoms with Gasteiger partial charge in [0.15, 0.2) is 0 Å². The lowest BCUT2D eigenvalue weighted by atomic mass is 10.0. The fourth-order valence-corrected chi connectivity index (χ4v) is 2.15. The van der Waals surface area contributed by atoms with Crippen LogP contribution in [0.2, 0.25) is 0 Å². The van der Waals surface area contributed by atoms with Crippen molar-refractivity contribution in [2.45, 2.75) is 32.7 Å². The summed E-state index contributed by atoms with van der Waals surface area (Å²) in [7, 11) is 0. The molecule has 0 bridgehead atoms. The van der Waals surface area contributed by atoms with Gasteiger partial charge < -0.3 is 10.4 Å². The summed E-state index contributed by atoms with van der Waals surface area (Å²) in [6.45, 7) is 3.85. The second kappa shape index (κ2) is 4.44. The van der Waals surface area contributed by atoms with Gasteiger partial charge in [0.1, 0.15) is 5.41 Å². The molecule has 18 heavy (non-hydrogen) atoms. The van der Waals surface area contributed by atoms with E-state index in [4.69, 9.17) is 5.11 Å². The predicted molar refractivity (Wildman–Crippen MR) is 67.0 cm³/mol. The van der Waals surface area contributed by atoms with Gasteiger partial charge in [0.25, 0.3) is 0 Å². The summed E-state index contributed by atoms with van der Waals surface area (Å²) >= 11 is 0. The first-order chi connectivity index (χ1) is 8.47. The molecule has 0 spiro atoms. The molecule has 1 aliphatic carbocycles. The van der Waals surface area contributed by atoms with Crippen LogP contribution in [-0.2, 0) is 9.59 Å². The first-order valence-corrected chi connectivity index (χ1v) is 6.07. The van der Waals surface area contributed by atoms with Crippen molar-refractivity contribution < 1.29 is 14.7 Å². The van der Waals surface area contributed by atoms with Gasteiger partial charge in [-0.05, 0) is 37.8 Å². The number of amides is 1. The van der Waals surface area contributed by atoms with E-state index in [1.54, 1.807) is 0 Å². The Kier molecular flexibility index (Phi) is 3.11. The molecule has 0 aliphatic heterocycles. The van der Waals surface area contributed by atoms with Gasteiger partial charge in [-0.2, -0.15) is 0 Å². The average Bonchev–Trinajstić information content (AvgIpc) is 3.10. The van der Waals surface area contributed by atoms with Crippen molar-refractivity contribution in [2.24, 2.45) is 5.41 Å². The van der Waals surface area contributed by atoms with Crippen LogP contribution in [0.15, 0.2) is 24.3 Å². The Hall–Kier alpha value is -1.84. The highest BCUT2D eigenvalue weighted by molar-refractivity contribution is 6.04. The molecule has 2 rings (SSSR count). The number of benzene rings is 1. The number of rotatable bonds is 4. The second-order valence-electron chi connectivity index (χ2n) is 4.94. The minimum Gasteiger partial charge on any atom is -0.480 e. The third kappa shape index (κ3) is 2.10. The van der Waals surface area contributed by atoms with Crippen molar-refractivity contribution >= 4 is 11.9 Å². The van der Waals surface area contributed by atoms with E-state index in [1.165, 1.54) is 0 Å². The summed E-state index contributed by atoms with van der Waals surface area (Å²) in [5, 5.41) is 11.9. The van der Waals surface area contributed by atoms with E-state index < -0.39 is 11.4 Å². The summed E-state index contributed by atoms with van der Waals surface area (Å²) in [4.78, 5) is 23.0. The molecule has 1 atom stereocenters. The lowest BCUT2D eigenvalue weighted by Gasteiger charge is -2.19. The number of aryl methyl sites for hydroxylation is 1. The minimum atomic E-state index is -1.17. The summed E-state index contributed by atoms with van der Waals surface area (Å²) < 4.78 is 0. The summed E-state index contributed by atoms with van der Waals surface area (Å²) in [6.07, 6.45) is 0.878. The molecule has 1 aliphatic rings. The second-order valence-corrected chi connectivity index (χ2v) is 4.94. The summed E-state index contributed by atoms with van der Waals surface area (Å²) in [5.41, 5.74) is 0.939. The maximum absolute atomic E-state index is 12.0. The van der Waals surface area contributed by atoms with Gasteiger partial charge in [-0.3, -0.25) is 9.59 Å². The highest BCUT2D eigenvalue weighted by Crippen LogP contribution is 2.46. The normalized spacial score (nSPS) is 17.9. The monoisotopic (exact) mass is 247 g/mol. The van der Waals surface area contributed by atoms with Gasteiger partial charge >= 0.3 is 5.97 Å². The largest absolute Gasteiger partial charge is 0.480 e. The zero-order chi connectivity index (χ0) is 13.3. The molecule has 96 valence electrons. The molecular formula is C14H17NO3. The van der Waals surface area contributed by atoms with Crippen LogP contribution in [0, 0.1) is 12.3 Å².